The van der Waals surface area contributed by atoms with Gasteiger partial charge in [0.15, 0.2) is 0 Å². The molecule has 1 aromatic heterocycles. The molecule has 2 rings (SSSR count). The monoisotopic (exact) mass is 272 g/mol. The molecule has 2 heterocycles. The molecule has 1 atom stereocenters. The molecule has 0 radical (unpaired) electrons. The highest BCUT2D eigenvalue weighted by Crippen LogP contribution is 2.33. The van der Waals surface area contributed by atoms with Crippen LogP contribution in [0.1, 0.15) is 30.9 Å². The molecule has 0 aliphatic carbocycles. The molecule has 0 amide bonds. The Morgan fingerprint density at radius 3 is 3.00 bits per heavy atom. The van der Waals surface area contributed by atoms with Crippen molar-refractivity contribution in [3.63, 3.8) is 0 Å². The minimum Gasteiger partial charge on any atom is -0.264 e. The molecular weight excluding hydrogens is 255 g/mol. The third kappa shape index (κ3) is 2.87. The van der Waals surface area contributed by atoms with E-state index in [4.69, 9.17) is 0 Å². The second kappa shape index (κ2) is 5.75. The third-order valence-electron chi connectivity index (χ3n) is 3.17. The first-order valence-corrected chi connectivity index (χ1v) is 7.71. The van der Waals surface area contributed by atoms with Crippen molar-refractivity contribution < 1.29 is 12.8 Å². The molecule has 0 N–H and O–H groups in total. The summed E-state index contributed by atoms with van der Waals surface area (Å²) < 4.78 is 37.9. The maximum absolute atomic E-state index is 12.1. The van der Waals surface area contributed by atoms with Gasteiger partial charge in [-0.25, -0.2) is 8.42 Å². The van der Waals surface area contributed by atoms with E-state index < -0.39 is 16.7 Å². The molecule has 0 bridgehead atoms. The van der Waals surface area contributed by atoms with E-state index in [-0.39, 0.29) is 18.2 Å². The smallest absolute Gasteiger partial charge is 0.214 e. The van der Waals surface area contributed by atoms with Gasteiger partial charge in [0.2, 0.25) is 10.0 Å². The van der Waals surface area contributed by atoms with Crippen LogP contribution in [0.5, 0.6) is 0 Å². The van der Waals surface area contributed by atoms with Crippen LogP contribution in [0.2, 0.25) is 0 Å². The molecule has 1 aliphatic heterocycles. The Bertz CT molecular complexity index is 478. The Hall–Kier alpha value is -1.01. The summed E-state index contributed by atoms with van der Waals surface area (Å²) in [6.45, 7) is -0.0706. The highest BCUT2D eigenvalue weighted by molar-refractivity contribution is 7.89. The first-order valence-electron chi connectivity index (χ1n) is 6.10. The van der Waals surface area contributed by atoms with Crippen molar-refractivity contribution in [2.75, 3.05) is 19.0 Å². The molecule has 100 valence electrons. The van der Waals surface area contributed by atoms with Crippen LogP contribution in [-0.2, 0) is 10.0 Å². The number of nitrogens with zero attached hydrogens (tertiary/aromatic N) is 2. The number of hydrogen-bond donors (Lipinski definition) is 0. The van der Waals surface area contributed by atoms with Gasteiger partial charge in [-0.15, -0.1) is 0 Å². The summed E-state index contributed by atoms with van der Waals surface area (Å²) in [4.78, 5) is 4.03. The molecule has 1 aromatic rings. The van der Waals surface area contributed by atoms with E-state index >= 15 is 0 Å². The Balaban J connectivity index is 2.18. The fourth-order valence-corrected chi connectivity index (χ4v) is 4.06. The Kier molecular flexibility index (Phi) is 4.29. The van der Waals surface area contributed by atoms with Crippen LogP contribution in [-0.4, -0.2) is 36.7 Å². The summed E-state index contributed by atoms with van der Waals surface area (Å²) >= 11 is 0. The average Bonchev–Trinajstić information content (AvgIpc) is 2.87. The van der Waals surface area contributed by atoms with Crippen molar-refractivity contribution in [3.8, 4) is 0 Å². The summed E-state index contributed by atoms with van der Waals surface area (Å²) in [5, 5.41) is 0. The second-order valence-corrected chi connectivity index (χ2v) is 6.45. The number of pyridine rings is 1. The third-order valence-corrected chi connectivity index (χ3v) is 5.12. The van der Waals surface area contributed by atoms with Crippen LogP contribution in [0, 0.1) is 0 Å². The van der Waals surface area contributed by atoms with Crippen LogP contribution < -0.4 is 0 Å². The highest BCUT2D eigenvalue weighted by Gasteiger charge is 2.34. The molecule has 1 aliphatic rings. The van der Waals surface area contributed by atoms with E-state index in [0.29, 0.717) is 6.54 Å². The van der Waals surface area contributed by atoms with Crippen LogP contribution in [0.4, 0.5) is 4.39 Å². The van der Waals surface area contributed by atoms with Gasteiger partial charge >= 0.3 is 0 Å². The molecular formula is C12H17FN2O2S. The van der Waals surface area contributed by atoms with Crippen LogP contribution >= 0.6 is 0 Å². The van der Waals surface area contributed by atoms with Gasteiger partial charge in [-0.2, -0.15) is 4.31 Å². The van der Waals surface area contributed by atoms with Gasteiger partial charge in [-0.05, 0) is 30.9 Å². The SMILES string of the molecule is O=S(=O)(CCCF)N1CCC[C@H]1c1cccnc1. The van der Waals surface area contributed by atoms with Gasteiger partial charge in [0, 0.05) is 18.9 Å². The first kappa shape index (κ1) is 13.4. The summed E-state index contributed by atoms with van der Waals surface area (Å²) in [6, 6.07) is 3.56. The summed E-state index contributed by atoms with van der Waals surface area (Å²) in [6.07, 6.45) is 5.08. The summed E-state index contributed by atoms with van der Waals surface area (Å²) in [5.41, 5.74) is 0.916. The molecule has 0 unspecified atom stereocenters. The molecule has 1 saturated heterocycles. The lowest BCUT2D eigenvalue weighted by Gasteiger charge is -2.23. The van der Waals surface area contributed by atoms with Gasteiger partial charge in [-0.3, -0.25) is 9.37 Å². The zero-order chi connectivity index (χ0) is 13.0. The fourth-order valence-electron chi connectivity index (χ4n) is 2.33. The fraction of sp³-hybridized carbons (Fsp3) is 0.583. The van der Waals surface area contributed by atoms with E-state index in [2.05, 4.69) is 4.98 Å². The van der Waals surface area contributed by atoms with Crippen LogP contribution in [0.3, 0.4) is 0 Å². The van der Waals surface area contributed by atoms with Crippen molar-refractivity contribution in [2.24, 2.45) is 0 Å². The Morgan fingerprint density at radius 2 is 2.33 bits per heavy atom. The average molecular weight is 272 g/mol. The zero-order valence-electron chi connectivity index (χ0n) is 10.1. The van der Waals surface area contributed by atoms with Crippen molar-refractivity contribution in [3.05, 3.63) is 30.1 Å². The standard InChI is InChI=1S/C12H17FN2O2S/c13-6-3-9-18(16,17)15-8-2-5-12(15)11-4-1-7-14-10-11/h1,4,7,10,12H,2-3,5-6,8-9H2/t12-/m0/s1. The predicted molar refractivity (Wildman–Crippen MR) is 67.3 cm³/mol. The van der Waals surface area contributed by atoms with E-state index in [1.807, 2.05) is 6.07 Å². The molecule has 0 spiro atoms. The molecule has 6 heteroatoms. The molecule has 0 aromatic carbocycles. The normalized spacial score (nSPS) is 21.3. The van der Waals surface area contributed by atoms with Crippen molar-refractivity contribution in [1.82, 2.24) is 9.29 Å². The van der Waals surface area contributed by atoms with E-state index in [1.54, 1.807) is 18.5 Å². The van der Waals surface area contributed by atoms with E-state index in [1.165, 1.54) is 4.31 Å². The zero-order valence-corrected chi connectivity index (χ0v) is 10.9. The number of sulfonamides is 1. The van der Waals surface area contributed by atoms with Gasteiger partial charge in [0.25, 0.3) is 0 Å². The largest absolute Gasteiger partial charge is 0.264 e. The Labute approximate surface area is 107 Å². The Morgan fingerprint density at radius 1 is 1.50 bits per heavy atom. The highest BCUT2D eigenvalue weighted by atomic mass is 32.2. The van der Waals surface area contributed by atoms with Crippen LogP contribution in [0.25, 0.3) is 0 Å². The first-order chi connectivity index (χ1) is 8.65. The molecule has 4 nitrogen and oxygen atoms in total. The van der Waals surface area contributed by atoms with Gasteiger partial charge in [-0.1, -0.05) is 6.07 Å². The lowest BCUT2D eigenvalue weighted by Crippen LogP contribution is -2.32. The number of aromatic nitrogens is 1. The van der Waals surface area contributed by atoms with Crippen molar-refractivity contribution in [1.29, 1.82) is 0 Å². The number of alkyl halides is 1. The topological polar surface area (TPSA) is 50.3 Å². The number of halogens is 1. The maximum atomic E-state index is 12.1. The van der Waals surface area contributed by atoms with E-state index in [0.717, 1.165) is 18.4 Å². The number of hydrogen-bond acceptors (Lipinski definition) is 3. The van der Waals surface area contributed by atoms with Gasteiger partial charge in [0.1, 0.15) is 0 Å². The van der Waals surface area contributed by atoms with Gasteiger partial charge in [0.05, 0.1) is 18.5 Å². The summed E-state index contributed by atoms with van der Waals surface area (Å²) in [7, 11) is -3.35. The lowest BCUT2D eigenvalue weighted by atomic mass is 10.1. The lowest BCUT2D eigenvalue weighted by molar-refractivity contribution is 0.392. The summed E-state index contributed by atoms with van der Waals surface area (Å²) in [5.74, 6) is -0.111. The maximum Gasteiger partial charge on any atom is 0.214 e. The van der Waals surface area contributed by atoms with E-state index in [9.17, 15) is 12.8 Å². The van der Waals surface area contributed by atoms with Crippen molar-refractivity contribution >= 4 is 10.0 Å². The van der Waals surface area contributed by atoms with Crippen LogP contribution in [0.15, 0.2) is 24.5 Å². The molecule has 1 fully saturated rings. The quantitative estimate of drug-likeness (QED) is 0.822. The minimum atomic E-state index is -3.35. The minimum absolute atomic E-state index is 0.0680. The number of rotatable bonds is 5. The molecule has 0 saturated carbocycles. The van der Waals surface area contributed by atoms with Crippen molar-refractivity contribution in [2.45, 2.75) is 25.3 Å². The molecule has 18 heavy (non-hydrogen) atoms. The second-order valence-electron chi connectivity index (χ2n) is 4.41. The predicted octanol–water partition coefficient (Wildman–Crippen LogP) is 1.91. The van der Waals surface area contributed by atoms with Gasteiger partial charge < -0.3 is 0 Å².